The smallest absolute Gasteiger partial charge is 0.202 e. The lowest BCUT2D eigenvalue weighted by Gasteiger charge is -2.29. The van der Waals surface area contributed by atoms with Crippen molar-refractivity contribution in [1.29, 1.82) is 0 Å². The molecule has 0 amide bonds. The fraction of sp³-hybridized carbons (Fsp3) is 0.484. The number of benzene rings is 1. The number of hydrogen-bond acceptors (Lipinski definition) is 4. The van der Waals surface area contributed by atoms with Crippen molar-refractivity contribution in [2.45, 2.75) is 85.2 Å². The van der Waals surface area contributed by atoms with Gasteiger partial charge in [-0.2, -0.15) is 0 Å². The van der Waals surface area contributed by atoms with Crippen molar-refractivity contribution in [1.82, 2.24) is 0 Å². The molecule has 0 saturated carbocycles. The Morgan fingerprint density at radius 1 is 1.25 bits per heavy atom. The minimum absolute atomic E-state index is 0.173. The quantitative estimate of drug-likeness (QED) is 0.218. The lowest BCUT2D eigenvalue weighted by molar-refractivity contribution is 0.224. The van der Waals surface area contributed by atoms with Crippen LogP contribution in [0.2, 0.25) is 0 Å². The zero-order chi connectivity index (χ0) is 26.9. The minimum atomic E-state index is -3.59. The van der Waals surface area contributed by atoms with Crippen LogP contribution in [-0.2, 0) is 15.3 Å². The molecule has 198 valence electrons. The predicted octanol–water partition coefficient (Wildman–Crippen LogP) is 7.59. The summed E-state index contributed by atoms with van der Waals surface area (Å²) >= 11 is 0. The zero-order valence-electron chi connectivity index (χ0n) is 22.9. The molecule has 4 nitrogen and oxygen atoms in total. The van der Waals surface area contributed by atoms with E-state index in [9.17, 15) is 13.5 Å². The molecule has 1 N–H and O–H groups in total. The van der Waals surface area contributed by atoms with Crippen LogP contribution in [0.5, 0.6) is 5.75 Å². The highest BCUT2D eigenvalue weighted by atomic mass is 32.2. The Kier molecular flexibility index (Phi) is 11.0. The number of aliphatic hydroxyl groups is 1. The van der Waals surface area contributed by atoms with Gasteiger partial charge in [0.15, 0.2) is 0 Å². The van der Waals surface area contributed by atoms with Crippen molar-refractivity contribution < 1.29 is 18.3 Å². The molecule has 0 spiro atoms. The molecule has 2 rings (SSSR count). The molecule has 1 aliphatic rings. The second-order valence-corrected chi connectivity index (χ2v) is 12.4. The first-order valence-electron chi connectivity index (χ1n) is 13.0. The van der Waals surface area contributed by atoms with Crippen LogP contribution in [0.15, 0.2) is 82.2 Å². The summed E-state index contributed by atoms with van der Waals surface area (Å²) in [6, 6.07) is 8.06. The third-order valence-electron chi connectivity index (χ3n) is 6.65. The van der Waals surface area contributed by atoms with Crippen LogP contribution in [0, 0.1) is 5.92 Å². The van der Waals surface area contributed by atoms with E-state index in [1.165, 1.54) is 11.1 Å². The summed E-state index contributed by atoms with van der Waals surface area (Å²) in [6.45, 7) is 16.7. The highest BCUT2D eigenvalue weighted by Gasteiger charge is 2.26. The monoisotopic (exact) mass is 512 g/mol. The molecule has 0 aromatic heterocycles. The number of aliphatic hydroxyl groups excluding tert-OH is 1. The Morgan fingerprint density at radius 2 is 1.92 bits per heavy atom. The molecule has 1 aromatic carbocycles. The molecule has 0 radical (unpaired) electrons. The van der Waals surface area contributed by atoms with Gasteiger partial charge in [0.1, 0.15) is 5.75 Å². The van der Waals surface area contributed by atoms with E-state index in [2.05, 4.69) is 52.5 Å². The minimum Gasteiger partial charge on any atom is -0.494 e. The standard InChI is InChI=1S/C31H44O4S/c1-8-11-30(36(33,34)24(5)25(9-2)22-23(3)4)12-10-21-35-29-19-15-27(16-20-29)31(6,7)26-13-17-28(32)18-14-26/h9,11,13-17,19-20,23,28,32H,5,8,10,12,18,21-22H2,1-4,6-7H3/b25-9-,30-11+. The van der Waals surface area contributed by atoms with E-state index in [-0.39, 0.29) is 10.3 Å². The van der Waals surface area contributed by atoms with Gasteiger partial charge in [-0.25, -0.2) is 8.42 Å². The second-order valence-electron chi connectivity index (χ2n) is 10.3. The molecule has 36 heavy (non-hydrogen) atoms. The van der Waals surface area contributed by atoms with E-state index >= 15 is 0 Å². The SMILES string of the molecule is C=C(/C(=C\C)CC(C)C)S(=O)(=O)/C(=C/CC)CCCOc1ccc(C(C)(C)C2=CCC(O)C=C2)cc1. The molecule has 5 heteroatoms. The van der Waals surface area contributed by atoms with Crippen molar-refractivity contribution in [2.75, 3.05) is 6.61 Å². The van der Waals surface area contributed by atoms with Gasteiger partial charge < -0.3 is 9.84 Å². The van der Waals surface area contributed by atoms with Gasteiger partial charge >= 0.3 is 0 Å². The summed E-state index contributed by atoms with van der Waals surface area (Å²) in [5.74, 6) is 1.12. The maximum atomic E-state index is 13.3. The number of rotatable bonds is 13. The van der Waals surface area contributed by atoms with Gasteiger partial charge in [-0.15, -0.1) is 0 Å². The summed E-state index contributed by atoms with van der Waals surface area (Å²) in [6.07, 6.45) is 12.2. The molecule has 0 saturated heterocycles. The lowest BCUT2D eigenvalue weighted by atomic mass is 9.76. The molecular formula is C31H44O4S. The first kappa shape index (κ1) is 29.9. The second kappa shape index (κ2) is 13.3. The topological polar surface area (TPSA) is 63.6 Å². The number of allylic oxidation sites excluding steroid dienone is 6. The predicted molar refractivity (Wildman–Crippen MR) is 152 cm³/mol. The van der Waals surface area contributed by atoms with E-state index in [0.717, 1.165) is 11.3 Å². The van der Waals surface area contributed by atoms with Crippen LogP contribution >= 0.6 is 0 Å². The summed E-state index contributed by atoms with van der Waals surface area (Å²) in [5.41, 5.74) is 2.98. The Bertz CT molecular complexity index is 1110. The maximum Gasteiger partial charge on any atom is 0.202 e. The Labute approximate surface area is 219 Å². The number of sulfone groups is 1. The van der Waals surface area contributed by atoms with Gasteiger partial charge in [0.25, 0.3) is 0 Å². The van der Waals surface area contributed by atoms with Gasteiger partial charge in [-0.3, -0.25) is 0 Å². The fourth-order valence-electron chi connectivity index (χ4n) is 4.38. The van der Waals surface area contributed by atoms with Gasteiger partial charge in [-0.1, -0.05) is 83.7 Å². The lowest BCUT2D eigenvalue weighted by Crippen LogP contribution is -2.21. The average Bonchev–Trinajstić information content (AvgIpc) is 2.84. The van der Waals surface area contributed by atoms with Crippen molar-refractivity contribution >= 4 is 9.84 Å². The fourth-order valence-corrected chi connectivity index (χ4v) is 6.04. The molecule has 0 bridgehead atoms. The summed E-state index contributed by atoms with van der Waals surface area (Å²) in [4.78, 5) is 0.646. The highest BCUT2D eigenvalue weighted by Crippen LogP contribution is 2.35. The molecule has 1 atom stereocenters. The molecule has 1 aliphatic carbocycles. The summed E-state index contributed by atoms with van der Waals surface area (Å²) < 4.78 is 32.5. The van der Waals surface area contributed by atoms with E-state index in [4.69, 9.17) is 4.74 Å². The van der Waals surface area contributed by atoms with Crippen molar-refractivity contribution in [3.8, 4) is 5.75 Å². The van der Waals surface area contributed by atoms with Crippen molar-refractivity contribution in [3.05, 3.63) is 87.7 Å². The summed E-state index contributed by atoms with van der Waals surface area (Å²) in [5, 5.41) is 9.71. The largest absolute Gasteiger partial charge is 0.494 e. The number of hydrogen-bond donors (Lipinski definition) is 1. The van der Waals surface area contributed by atoms with Crippen LogP contribution in [0.1, 0.15) is 79.2 Å². The first-order valence-corrected chi connectivity index (χ1v) is 14.5. The molecule has 1 unspecified atom stereocenters. The van der Waals surface area contributed by atoms with Gasteiger partial charge in [0, 0.05) is 10.3 Å². The number of ether oxygens (including phenoxy) is 1. The molecule has 0 heterocycles. The van der Waals surface area contributed by atoms with E-state index in [0.29, 0.717) is 49.5 Å². The van der Waals surface area contributed by atoms with E-state index in [1.54, 1.807) is 6.08 Å². The Hall–Kier alpha value is -2.37. The van der Waals surface area contributed by atoms with Crippen LogP contribution in [-0.4, -0.2) is 26.2 Å². The highest BCUT2D eigenvalue weighted by molar-refractivity contribution is 7.99. The average molecular weight is 513 g/mol. The Balaban J connectivity index is 1.99. The van der Waals surface area contributed by atoms with Gasteiger partial charge in [0.2, 0.25) is 9.84 Å². The third-order valence-corrected chi connectivity index (χ3v) is 8.62. The van der Waals surface area contributed by atoms with E-state index < -0.39 is 15.9 Å². The molecule has 0 fully saturated rings. The van der Waals surface area contributed by atoms with E-state index in [1.807, 2.05) is 44.2 Å². The van der Waals surface area contributed by atoms with Crippen LogP contribution in [0.4, 0.5) is 0 Å². The molecule has 0 aliphatic heterocycles. The van der Waals surface area contributed by atoms with Crippen LogP contribution < -0.4 is 4.74 Å². The van der Waals surface area contributed by atoms with Gasteiger partial charge in [-0.05, 0) is 73.8 Å². The molecule has 1 aromatic rings. The van der Waals surface area contributed by atoms with Crippen LogP contribution in [0.25, 0.3) is 0 Å². The first-order chi connectivity index (χ1) is 16.9. The zero-order valence-corrected chi connectivity index (χ0v) is 23.7. The summed E-state index contributed by atoms with van der Waals surface area (Å²) in [7, 11) is -3.59. The van der Waals surface area contributed by atoms with Gasteiger partial charge in [0.05, 0.1) is 17.6 Å². The Morgan fingerprint density at radius 3 is 2.44 bits per heavy atom. The normalized spacial score (nSPS) is 17.3. The van der Waals surface area contributed by atoms with Crippen molar-refractivity contribution in [3.63, 3.8) is 0 Å². The maximum absolute atomic E-state index is 13.3. The molecular weight excluding hydrogens is 468 g/mol. The third kappa shape index (κ3) is 7.81. The van der Waals surface area contributed by atoms with Crippen LogP contribution in [0.3, 0.4) is 0 Å². The van der Waals surface area contributed by atoms with Crippen molar-refractivity contribution in [2.24, 2.45) is 5.92 Å².